The standard InChI is InChI=1S/C12H13N3O2S/c1-3-11-14-12(17-15-11)10(13-8(2)16)7-9-5-4-6-18-9/h4-7H,3H2,1-2H3,(H,13,16). The molecule has 2 aromatic rings. The number of carbonyl (C=O) groups is 1. The first-order valence-electron chi connectivity index (χ1n) is 5.54. The minimum Gasteiger partial charge on any atom is -0.332 e. The van der Waals surface area contributed by atoms with Gasteiger partial charge in [-0.05, 0) is 17.5 Å². The van der Waals surface area contributed by atoms with Crippen molar-refractivity contribution < 1.29 is 9.32 Å². The Morgan fingerprint density at radius 3 is 3.00 bits per heavy atom. The molecule has 0 bridgehead atoms. The highest BCUT2D eigenvalue weighted by molar-refractivity contribution is 7.10. The number of amides is 1. The van der Waals surface area contributed by atoms with E-state index in [0.717, 1.165) is 4.88 Å². The van der Waals surface area contributed by atoms with E-state index in [4.69, 9.17) is 4.52 Å². The van der Waals surface area contributed by atoms with E-state index in [1.165, 1.54) is 6.92 Å². The molecule has 1 amide bonds. The zero-order valence-electron chi connectivity index (χ0n) is 10.1. The molecule has 0 radical (unpaired) electrons. The van der Waals surface area contributed by atoms with Crippen molar-refractivity contribution in [3.05, 3.63) is 34.1 Å². The van der Waals surface area contributed by atoms with Crippen molar-refractivity contribution >= 4 is 29.0 Å². The van der Waals surface area contributed by atoms with Crippen LogP contribution in [-0.4, -0.2) is 16.0 Å². The van der Waals surface area contributed by atoms with Crippen LogP contribution in [0, 0.1) is 0 Å². The maximum Gasteiger partial charge on any atom is 0.274 e. The van der Waals surface area contributed by atoms with E-state index in [-0.39, 0.29) is 5.91 Å². The van der Waals surface area contributed by atoms with Gasteiger partial charge in [0.2, 0.25) is 5.91 Å². The van der Waals surface area contributed by atoms with Gasteiger partial charge in [0.25, 0.3) is 5.89 Å². The van der Waals surface area contributed by atoms with Gasteiger partial charge in [-0.2, -0.15) is 4.98 Å². The third-order valence-corrected chi connectivity index (χ3v) is 2.97. The van der Waals surface area contributed by atoms with Gasteiger partial charge in [0.05, 0.1) is 0 Å². The van der Waals surface area contributed by atoms with E-state index < -0.39 is 0 Å². The highest BCUT2D eigenvalue weighted by atomic mass is 32.1. The predicted molar refractivity (Wildman–Crippen MR) is 69.7 cm³/mol. The number of nitrogens with one attached hydrogen (secondary N) is 1. The largest absolute Gasteiger partial charge is 0.332 e. The second-order valence-corrected chi connectivity index (χ2v) is 4.60. The van der Waals surface area contributed by atoms with Crippen molar-refractivity contribution in [2.75, 3.05) is 0 Å². The van der Waals surface area contributed by atoms with Crippen LogP contribution >= 0.6 is 11.3 Å². The lowest BCUT2D eigenvalue weighted by molar-refractivity contribution is -0.117. The number of nitrogens with zero attached hydrogens (tertiary/aromatic N) is 2. The first-order chi connectivity index (χ1) is 8.69. The Morgan fingerprint density at radius 1 is 1.61 bits per heavy atom. The fourth-order valence-electron chi connectivity index (χ4n) is 1.36. The summed E-state index contributed by atoms with van der Waals surface area (Å²) in [5.74, 6) is 0.775. The van der Waals surface area contributed by atoms with E-state index in [9.17, 15) is 4.79 Å². The smallest absolute Gasteiger partial charge is 0.274 e. The van der Waals surface area contributed by atoms with Crippen LogP contribution in [0.25, 0.3) is 11.8 Å². The summed E-state index contributed by atoms with van der Waals surface area (Å²) in [6.07, 6.45) is 2.51. The van der Waals surface area contributed by atoms with Crippen LogP contribution in [0.1, 0.15) is 30.4 Å². The highest BCUT2D eigenvalue weighted by Crippen LogP contribution is 2.18. The van der Waals surface area contributed by atoms with Gasteiger partial charge in [-0.25, -0.2) is 0 Å². The zero-order chi connectivity index (χ0) is 13.0. The van der Waals surface area contributed by atoms with Crippen LogP contribution in [-0.2, 0) is 11.2 Å². The van der Waals surface area contributed by atoms with Gasteiger partial charge < -0.3 is 9.84 Å². The van der Waals surface area contributed by atoms with Crippen LogP contribution in [0.3, 0.4) is 0 Å². The maximum absolute atomic E-state index is 11.2. The molecule has 2 heterocycles. The Balaban J connectivity index is 2.33. The van der Waals surface area contributed by atoms with E-state index in [1.807, 2.05) is 30.5 Å². The van der Waals surface area contributed by atoms with Gasteiger partial charge in [-0.1, -0.05) is 18.1 Å². The molecule has 0 atom stereocenters. The molecule has 1 N–H and O–H groups in total. The Bertz CT molecular complexity index is 558. The number of aryl methyl sites for hydroxylation is 1. The van der Waals surface area contributed by atoms with Crippen LogP contribution in [0.4, 0.5) is 0 Å². The number of thiophene rings is 1. The SMILES string of the molecule is CCc1noc(C(=Cc2cccs2)NC(C)=O)n1. The molecule has 0 aliphatic heterocycles. The molecule has 0 saturated heterocycles. The van der Waals surface area contributed by atoms with E-state index in [0.29, 0.717) is 23.8 Å². The summed E-state index contributed by atoms with van der Waals surface area (Å²) < 4.78 is 5.13. The van der Waals surface area contributed by atoms with Crippen LogP contribution < -0.4 is 5.32 Å². The average Bonchev–Trinajstić information content (AvgIpc) is 2.98. The summed E-state index contributed by atoms with van der Waals surface area (Å²) in [4.78, 5) is 16.4. The van der Waals surface area contributed by atoms with Crippen molar-refractivity contribution in [2.45, 2.75) is 20.3 Å². The van der Waals surface area contributed by atoms with Crippen molar-refractivity contribution in [1.82, 2.24) is 15.5 Å². The minimum atomic E-state index is -0.172. The first kappa shape index (κ1) is 12.5. The van der Waals surface area contributed by atoms with Crippen molar-refractivity contribution in [2.24, 2.45) is 0 Å². The third kappa shape index (κ3) is 3.04. The fourth-order valence-corrected chi connectivity index (χ4v) is 2.02. The number of hydrogen-bond donors (Lipinski definition) is 1. The summed E-state index contributed by atoms with van der Waals surface area (Å²) in [6.45, 7) is 3.38. The van der Waals surface area contributed by atoms with Gasteiger partial charge in [-0.15, -0.1) is 11.3 Å². The molecule has 2 rings (SSSR count). The molecule has 0 fully saturated rings. The minimum absolute atomic E-state index is 0.172. The highest BCUT2D eigenvalue weighted by Gasteiger charge is 2.12. The van der Waals surface area contributed by atoms with Crippen LogP contribution in [0.2, 0.25) is 0 Å². The van der Waals surface area contributed by atoms with Crippen LogP contribution in [0.5, 0.6) is 0 Å². The molecule has 0 saturated carbocycles. The molecule has 94 valence electrons. The van der Waals surface area contributed by atoms with Gasteiger partial charge in [0, 0.05) is 18.2 Å². The third-order valence-electron chi connectivity index (χ3n) is 2.16. The Morgan fingerprint density at radius 2 is 2.44 bits per heavy atom. The first-order valence-corrected chi connectivity index (χ1v) is 6.42. The van der Waals surface area contributed by atoms with Gasteiger partial charge >= 0.3 is 0 Å². The van der Waals surface area contributed by atoms with Gasteiger partial charge in [-0.3, -0.25) is 4.79 Å². The van der Waals surface area contributed by atoms with Gasteiger partial charge in [0.15, 0.2) is 5.82 Å². The lowest BCUT2D eigenvalue weighted by Crippen LogP contribution is -2.18. The second kappa shape index (κ2) is 5.59. The maximum atomic E-state index is 11.2. The van der Waals surface area contributed by atoms with Gasteiger partial charge in [0.1, 0.15) is 5.70 Å². The summed E-state index contributed by atoms with van der Waals surface area (Å²) in [7, 11) is 0. The lowest BCUT2D eigenvalue weighted by Gasteiger charge is -2.01. The average molecular weight is 263 g/mol. The predicted octanol–water partition coefficient (Wildman–Crippen LogP) is 2.33. The number of rotatable bonds is 4. The monoisotopic (exact) mass is 263 g/mol. The van der Waals surface area contributed by atoms with E-state index >= 15 is 0 Å². The van der Waals surface area contributed by atoms with E-state index in [1.54, 1.807) is 11.3 Å². The second-order valence-electron chi connectivity index (χ2n) is 3.62. The molecular formula is C12H13N3O2S. The van der Waals surface area contributed by atoms with Crippen molar-refractivity contribution in [1.29, 1.82) is 0 Å². The molecule has 5 nitrogen and oxygen atoms in total. The van der Waals surface area contributed by atoms with Crippen LogP contribution in [0.15, 0.2) is 22.0 Å². The molecule has 0 aromatic carbocycles. The fraction of sp³-hybridized carbons (Fsp3) is 0.250. The molecule has 18 heavy (non-hydrogen) atoms. The van der Waals surface area contributed by atoms with E-state index in [2.05, 4.69) is 15.5 Å². The molecular weight excluding hydrogens is 250 g/mol. The molecule has 0 aliphatic rings. The summed E-state index contributed by atoms with van der Waals surface area (Å²) in [5, 5.41) is 8.48. The number of hydrogen-bond acceptors (Lipinski definition) is 5. The Labute approximate surface area is 109 Å². The molecule has 0 unspecified atom stereocenters. The molecule has 0 aliphatic carbocycles. The molecule has 2 aromatic heterocycles. The lowest BCUT2D eigenvalue weighted by atomic mass is 10.3. The Kier molecular flexibility index (Phi) is 3.88. The zero-order valence-corrected chi connectivity index (χ0v) is 11.0. The quantitative estimate of drug-likeness (QED) is 0.919. The summed E-state index contributed by atoms with van der Waals surface area (Å²) >= 11 is 1.57. The van der Waals surface area contributed by atoms with Crippen molar-refractivity contribution in [3.8, 4) is 0 Å². The molecule has 0 spiro atoms. The topological polar surface area (TPSA) is 68.0 Å². The Hall–Kier alpha value is -1.95. The summed E-state index contributed by atoms with van der Waals surface area (Å²) in [5.41, 5.74) is 0.525. The number of aromatic nitrogens is 2. The molecule has 6 heteroatoms. The van der Waals surface area contributed by atoms with Crippen molar-refractivity contribution in [3.63, 3.8) is 0 Å². The summed E-state index contributed by atoms with van der Waals surface area (Å²) in [6, 6.07) is 3.89. The number of carbonyl (C=O) groups excluding carboxylic acids is 1. The normalized spacial score (nSPS) is 11.6.